The van der Waals surface area contributed by atoms with Crippen molar-refractivity contribution in [3.8, 4) is 11.4 Å². The van der Waals surface area contributed by atoms with Crippen molar-refractivity contribution < 1.29 is 0 Å². The maximum atomic E-state index is 12.0. The monoisotopic (exact) mass is 257 g/mol. The second-order valence-corrected chi connectivity index (χ2v) is 4.10. The Balaban J connectivity index is 2.63. The van der Waals surface area contributed by atoms with Crippen LogP contribution in [0.5, 0.6) is 0 Å². The lowest BCUT2D eigenvalue weighted by Gasteiger charge is -2.08. The molecule has 2 aromatic rings. The Morgan fingerprint density at radius 3 is 2.79 bits per heavy atom. The molecule has 0 aliphatic carbocycles. The Bertz CT molecular complexity index is 648. The van der Waals surface area contributed by atoms with Crippen molar-refractivity contribution in [3.63, 3.8) is 0 Å². The number of nitrogens with one attached hydrogen (secondary N) is 1. The van der Waals surface area contributed by atoms with Crippen LogP contribution < -0.4 is 11.3 Å². The molecule has 0 saturated heterocycles. The topological polar surface area (TPSA) is 97.7 Å². The molecule has 2 heterocycles. The van der Waals surface area contributed by atoms with E-state index in [1.54, 1.807) is 18.3 Å². The van der Waals surface area contributed by atoms with Gasteiger partial charge < -0.3 is 5.73 Å². The van der Waals surface area contributed by atoms with Gasteiger partial charge in [-0.05, 0) is 24.6 Å². The summed E-state index contributed by atoms with van der Waals surface area (Å²) in [6.07, 6.45) is 2.43. The van der Waals surface area contributed by atoms with Gasteiger partial charge in [0.05, 0.1) is 11.3 Å². The minimum atomic E-state index is -0.339. The van der Waals surface area contributed by atoms with E-state index in [1.165, 1.54) is 10.7 Å². The van der Waals surface area contributed by atoms with Crippen LogP contribution in [0.25, 0.3) is 11.4 Å². The molecule has 19 heavy (non-hydrogen) atoms. The lowest BCUT2D eigenvalue weighted by molar-refractivity contribution is 0.569. The third-order valence-electron chi connectivity index (χ3n) is 2.63. The molecule has 0 unspecified atom stereocenters. The van der Waals surface area contributed by atoms with Crippen LogP contribution in [0.15, 0.2) is 35.3 Å². The van der Waals surface area contributed by atoms with E-state index >= 15 is 0 Å². The highest BCUT2D eigenvalue weighted by Crippen LogP contribution is 2.12. The molecular weight excluding hydrogens is 242 g/mol. The summed E-state index contributed by atoms with van der Waals surface area (Å²) in [5.74, 6) is -0.255. The number of rotatable bonds is 4. The maximum absolute atomic E-state index is 12.0. The summed E-state index contributed by atoms with van der Waals surface area (Å²) < 4.78 is 1.33. The Kier molecular flexibility index (Phi) is 3.70. The molecule has 0 saturated carbocycles. The Labute approximate surface area is 110 Å². The average Bonchev–Trinajstić information content (AvgIpc) is 2.42. The van der Waals surface area contributed by atoms with Crippen LogP contribution in [-0.4, -0.2) is 20.6 Å². The molecule has 98 valence electrons. The van der Waals surface area contributed by atoms with E-state index in [-0.39, 0.29) is 17.0 Å². The van der Waals surface area contributed by atoms with Gasteiger partial charge in [-0.1, -0.05) is 13.0 Å². The highest BCUT2D eigenvalue weighted by atomic mass is 16.1. The molecule has 0 aliphatic heterocycles. The van der Waals surface area contributed by atoms with Gasteiger partial charge in [0.2, 0.25) is 0 Å². The van der Waals surface area contributed by atoms with Crippen molar-refractivity contribution in [3.05, 3.63) is 46.4 Å². The predicted octanol–water partition coefficient (Wildman–Crippen LogP) is 0.999. The zero-order valence-corrected chi connectivity index (χ0v) is 10.6. The largest absolute Gasteiger partial charge is 0.384 e. The summed E-state index contributed by atoms with van der Waals surface area (Å²) in [5.41, 5.74) is 6.45. The van der Waals surface area contributed by atoms with Crippen molar-refractivity contribution >= 4 is 5.84 Å². The standard InChI is InChI=1S/C13H15N5O/c1-2-7-18-13(19)9(12(14)15)8-11(17-18)10-5-3-4-6-16-10/h3-6,8H,2,7H2,1H3,(H3,14,15). The van der Waals surface area contributed by atoms with Crippen molar-refractivity contribution in [1.82, 2.24) is 14.8 Å². The van der Waals surface area contributed by atoms with Crippen molar-refractivity contribution in [2.45, 2.75) is 19.9 Å². The first-order valence-corrected chi connectivity index (χ1v) is 6.01. The third kappa shape index (κ3) is 2.67. The third-order valence-corrected chi connectivity index (χ3v) is 2.63. The number of nitrogen functional groups attached to an aromatic ring is 1. The van der Waals surface area contributed by atoms with Crippen LogP contribution in [-0.2, 0) is 6.54 Å². The molecule has 0 aliphatic rings. The normalized spacial score (nSPS) is 10.4. The summed E-state index contributed by atoms with van der Waals surface area (Å²) in [4.78, 5) is 16.2. The van der Waals surface area contributed by atoms with E-state index in [2.05, 4.69) is 10.1 Å². The van der Waals surface area contributed by atoms with Gasteiger partial charge in [-0.15, -0.1) is 0 Å². The van der Waals surface area contributed by atoms with E-state index in [1.807, 2.05) is 13.0 Å². The molecule has 0 spiro atoms. The molecule has 2 aromatic heterocycles. The fourth-order valence-electron chi connectivity index (χ4n) is 1.74. The van der Waals surface area contributed by atoms with Crippen LogP contribution in [0.3, 0.4) is 0 Å². The zero-order chi connectivity index (χ0) is 13.8. The van der Waals surface area contributed by atoms with E-state index in [0.29, 0.717) is 17.9 Å². The van der Waals surface area contributed by atoms with Gasteiger partial charge >= 0.3 is 0 Å². The Morgan fingerprint density at radius 1 is 1.42 bits per heavy atom. The molecule has 2 rings (SSSR count). The summed E-state index contributed by atoms with van der Waals surface area (Å²) in [5, 5.41) is 11.7. The van der Waals surface area contributed by atoms with Crippen molar-refractivity contribution in [2.24, 2.45) is 5.73 Å². The molecule has 0 bridgehead atoms. The summed E-state index contributed by atoms with van der Waals surface area (Å²) in [7, 11) is 0. The van der Waals surface area contributed by atoms with Gasteiger partial charge in [0.25, 0.3) is 5.56 Å². The van der Waals surface area contributed by atoms with E-state index in [9.17, 15) is 4.79 Å². The van der Waals surface area contributed by atoms with E-state index in [0.717, 1.165) is 6.42 Å². The lowest BCUT2D eigenvalue weighted by Crippen LogP contribution is -2.31. The fraction of sp³-hybridized carbons (Fsp3) is 0.231. The number of nitrogens with zero attached hydrogens (tertiary/aromatic N) is 3. The number of hydrogen-bond donors (Lipinski definition) is 2. The fourth-order valence-corrected chi connectivity index (χ4v) is 1.74. The Morgan fingerprint density at radius 2 is 2.21 bits per heavy atom. The molecule has 0 radical (unpaired) electrons. The first kappa shape index (κ1) is 12.9. The number of aromatic nitrogens is 3. The molecule has 0 aromatic carbocycles. The van der Waals surface area contributed by atoms with Crippen LogP contribution in [0.4, 0.5) is 0 Å². The van der Waals surface area contributed by atoms with Crippen molar-refractivity contribution in [1.29, 1.82) is 5.41 Å². The molecule has 0 amide bonds. The van der Waals surface area contributed by atoms with Crippen LogP contribution in [0.2, 0.25) is 0 Å². The Hall–Kier alpha value is -2.50. The van der Waals surface area contributed by atoms with E-state index < -0.39 is 0 Å². The molecule has 0 fully saturated rings. The van der Waals surface area contributed by atoms with Gasteiger partial charge in [-0.2, -0.15) is 5.10 Å². The maximum Gasteiger partial charge on any atom is 0.277 e. The zero-order valence-electron chi connectivity index (χ0n) is 10.6. The molecular formula is C13H15N5O. The van der Waals surface area contributed by atoms with Crippen LogP contribution in [0.1, 0.15) is 18.9 Å². The minimum Gasteiger partial charge on any atom is -0.384 e. The quantitative estimate of drug-likeness (QED) is 0.630. The van der Waals surface area contributed by atoms with Crippen molar-refractivity contribution in [2.75, 3.05) is 0 Å². The second kappa shape index (κ2) is 5.43. The smallest absolute Gasteiger partial charge is 0.277 e. The van der Waals surface area contributed by atoms with Gasteiger partial charge in [0.15, 0.2) is 0 Å². The molecule has 6 heteroatoms. The summed E-state index contributed by atoms with van der Waals surface area (Å²) in [6.45, 7) is 2.44. The average molecular weight is 257 g/mol. The number of pyridine rings is 1. The number of nitrogens with two attached hydrogens (primary N) is 1. The summed E-state index contributed by atoms with van der Waals surface area (Å²) in [6, 6.07) is 6.95. The molecule has 3 N–H and O–H groups in total. The minimum absolute atomic E-state index is 0.157. The van der Waals surface area contributed by atoms with Crippen LogP contribution in [0, 0.1) is 5.41 Å². The first-order chi connectivity index (χ1) is 9.13. The highest BCUT2D eigenvalue weighted by Gasteiger charge is 2.12. The lowest BCUT2D eigenvalue weighted by atomic mass is 10.2. The SMILES string of the molecule is CCCn1nc(-c2ccccn2)cc(C(=N)N)c1=O. The number of aryl methyl sites for hydroxylation is 1. The molecule has 6 nitrogen and oxygen atoms in total. The highest BCUT2D eigenvalue weighted by molar-refractivity contribution is 5.95. The summed E-state index contributed by atoms with van der Waals surface area (Å²) >= 11 is 0. The van der Waals surface area contributed by atoms with Gasteiger partial charge in [0.1, 0.15) is 11.5 Å². The van der Waals surface area contributed by atoms with Crippen LogP contribution >= 0.6 is 0 Å². The molecule has 0 atom stereocenters. The first-order valence-electron chi connectivity index (χ1n) is 6.01. The van der Waals surface area contributed by atoms with Gasteiger partial charge in [-0.25, -0.2) is 4.68 Å². The second-order valence-electron chi connectivity index (χ2n) is 4.10. The van der Waals surface area contributed by atoms with Gasteiger partial charge in [-0.3, -0.25) is 15.2 Å². The number of hydrogen-bond acceptors (Lipinski definition) is 4. The number of amidine groups is 1. The van der Waals surface area contributed by atoms with Gasteiger partial charge in [0, 0.05) is 12.7 Å². The van der Waals surface area contributed by atoms with E-state index in [4.69, 9.17) is 11.1 Å². The predicted molar refractivity (Wildman–Crippen MR) is 73.0 cm³/mol.